The number of pyridine rings is 3. The number of rotatable bonds is 8. The molecule has 0 aromatic carbocycles. The molecule has 0 bridgehead atoms. The van der Waals surface area contributed by atoms with Crippen molar-refractivity contribution in [3.05, 3.63) is 54.6 Å². The van der Waals surface area contributed by atoms with Crippen molar-refractivity contribution in [2.45, 2.75) is 42.7 Å². The van der Waals surface area contributed by atoms with Crippen molar-refractivity contribution in [3.8, 4) is 28.3 Å². The highest BCUT2D eigenvalue weighted by Gasteiger charge is 2.58. The molecule has 0 aliphatic heterocycles. The highest BCUT2D eigenvalue weighted by molar-refractivity contribution is 7.91. The first-order valence-electron chi connectivity index (χ1n) is 10.6. The number of halogens is 5. The Kier molecular flexibility index (Phi) is 6.52. The molecule has 0 spiro atoms. The maximum Gasteiger partial charge on any atom is 0.456 e. The molecule has 3 aromatic heterocycles. The molecule has 3 heterocycles. The third-order valence-electron chi connectivity index (χ3n) is 5.50. The molecule has 35 heavy (non-hydrogen) atoms. The van der Waals surface area contributed by atoms with E-state index in [4.69, 9.17) is 0 Å². The van der Waals surface area contributed by atoms with Crippen molar-refractivity contribution in [2.24, 2.45) is 0 Å². The predicted octanol–water partition coefficient (Wildman–Crippen LogP) is 5.45. The van der Waals surface area contributed by atoms with Gasteiger partial charge in [-0.2, -0.15) is 22.0 Å². The first-order chi connectivity index (χ1) is 16.4. The van der Waals surface area contributed by atoms with Crippen LogP contribution in [0.4, 0.5) is 22.0 Å². The van der Waals surface area contributed by atoms with Crippen LogP contribution in [0.3, 0.4) is 0 Å². The summed E-state index contributed by atoms with van der Waals surface area (Å²) in [5.41, 5.74) is 2.30. The number of alkyl halides is 5. The largest absolute Gasteiger partial charge is 0.485 e. The summed E-state index contributed by atoms with van der Waals surface area (Å²) in [4.78, 5) is 12.6. The Morgan fingerprint density at radius 1 is 0.943 bits per heavy atom. The smallest absolute Gasteiger partial charge is 0.456 e. The lowest BCUT2D eigenvalue weighted by atomic mass is 10.1. The van der Waals surface area contributed by atoms with Crippen molar-refractivity contribution in [3.63, 3.8) is 0 Å². The summed E-state index contributed by atoms with van der Waals surface area (Å²) in [6.07, 6.45) is 0.511. The minimum absolute atomic E-state index is 0.0188. The molecule has 1 aliphatic carbocycles. The van der Waals surface area contributed by atoms with E-state index in [2.05, 4.69) is 19.7 Å². The van der Waals surface area contributed by atoms with E-state index in [0.29, 0.717) is 17.0 Å². The average Bonchev–Trinajstić information content (AvgIpc) is 3.68. The van der Waals surface area contributed by atoms with Crippen molar-refractivity contribution in [2.75, 3.05) is 12.4 Å². The standard InChI is InChI=1S/C23H20F5N3O3S/c1-2-35(32,33)20-9-16(15-5-7-18(29-10-15)14-3-4-14)11-31-21(20)19-8-6-17(12-30-19)34-13-22(24,25)23(26,27)28/h5-12,14H,2-4,13H2,1H3. The summed E-state index contributed by atoms with van der Waals surface area (Å²) >= 11 is 0. The monoisotopic (exact) mass is 513 g/mol. The minimum Gasteiger partial charge on any atom is -0.485 e. The number of nitrogens with zero attached hydrogens (tertiary/aromatic N) is 3. The van der Waals surface area contributed by atoms with Crippen molar-refractivity contribution < 1.29 is 35.1 Å². The summed E-state index contributed by atoms with van der Waals surface area (Å²) < 4.78 is 93.2. The Morgan fingerprint density at radius 3 is 2.20 bits per heavy atom. The number of ether oxygens (including phenoxy) is 1. The van der Waals surface area contributed by atoms with Crippen LogP contribution in [0.15, 0.2) is 53.8 Å². The lowest BCUT2D eigenvalue weighted by molar-refractivity contribution is -0.290. The summed E-state index contributed by atoms with van der Waals surface area (Å²) in [5, 5.41) is 0. The highest BCUT2D eigenvalue weighted by atomic mass is 32.2. The third kappa shape index (κ3) is 5.42. The molecule has 3 aromatic rings. The molecule has 1 fully saturated rings. The van der Waals surface area contributed by atoms with E-state index in [0.717, 1.165) is 30.8 Å². The lowest BCUT2D eigenvalue weighted by Gasteiger charge is -2.19. The van der Waals surface area contributed by atoms with E-state index in [1.165, 1.54) is 25.3 Å². The second-order valence-corrected chi connectivity index (χ2v) is 10.3. The van der Waals surface area contributed by atoms with E-state index in [1.54, 1.807) is 6.20 Å². The molecule has 0 atom stereocenters. The Bertz CT molecular complexity index is 1310. The summed E-state index contributed by atoms with van der Waals surface area (Å²) in [7, 11) is -3.75. The zero-order valence-electron chi connectivity index (χ0n) is 18.4. The van der Waals surface area contributed by atoms with E-state index in [9.17, 15) is 30.4 Å². The Balaban J connectivity index is 1.62. The molecule has 4 rings (SSSR count). The van der Waals surface area contributed by atoms with E-state index in [1.807, 2.05) is 12.1 Å². The predicted molar refractivity (Wildman–Crippen MR) is 117 cm³/mol. The van der Waals surface area contributed by atoms with Crippen LogP contribution in [0.2, 0.25) is 0 Å². The van der Waals surface area contributed by atoms with Crippen LogP contribution in [0, 0.1) is 0 Å². The summed E-state index contributed by atoms with van der Waals surface area (Å²) in [6.45, 7) is -0.434. The first-order valence-corrected chi connectivity index (χ1v) is 12.3. The van der Waals surface area contributed by atoms with Crippen LogP contribution in [0.5, 0.6) is 5.75 Å². The van der Waals surface area contributed by atoms with Crippen LogP contribution in [-0.2, 0) is 9.84 Å². The van der Waals surface area contributed by atoms with Gasteiger partial charge < -0.3 is 4.74 Å². The SMILES string of the molecule is CCS(=O)(=O)c1cc(-c2ccc(C3CC3)nc2)cnc1-c1ccc(OCC(F)(F)C(F)(F)F)cn1. The van der Waals surface area contributed by atoms with Crippen LogP contribution in [-0.4, -0.2) is 47.8 Å². The van der Waals surface area contributed by atoms with E-state index >= 15 is 0 Å². The normalized spacial score (nSPS) is 14.7. The van der Waals surface area contributed by atoms with Gasteiger partial charge in [-0.1, -0.05) is 13.0 Å². The van der Waals surface area contributed by atoms with Gasteiger partial charge >= 0.3 is 12.1 Å². The van der Waals surface area contributed by atoms with Gasteiger partial charge in [0.25, 0.3) is 0 Å². The highest BCUT2D eigenvalue weighted by Crippen LogP contribution is 2.39. The average molecular weight is 513 g/mol. The molecule has 0 saturated heterocycles. The number of aromatic nitrogens is 3. The van der Waals surface area contributed by atoms with Crippen LogP contribution in [0.1, 0.15) is 31.4 Å². The molecular weight excluding hydrogens is 493 g/mol. The fourth-order valence-electron chi connectivity index (χ4n) is 3.25. The van der Waals surface area contributed by atoms with E-state index in [-0.39, 0.29) is 27.8 Å². The molecule has 186 valence electrons. The van der Waals surface area contributed by atoms with Gasteiger partial charge in [0.2, 0.25) is 0 Å². The zero-order chi connectivity index (χ0) is 25.4. The van der Waals surface area contributed by atoms with Crippen LogP contribution in [0.25, 0.3) is 22.5 Å². The molecule has 0 N–H and O–H groups in total. The van der Waals surface area contributed by atoms with Crippen molar-refractivity contribution in [1.82, 2.24) is 15.0 Å². The quantitative estimate of drug-likeness (QED) is 0.373. The molecule has 0 radical (unpaired) electrons. The van der Waals surface area contributed by atoms with Crippen LogP contribution < -0.4 is 4.74 Å². The Labute approximate surface area is 198 Å². The van der Waals surface area contributed by atoms with Gasteiger partial charge in [0, 0.05) is 35.1 Å². The summed E-state index contributed by atoms with van der Waals surface area (Å²) in [6, 6.07) is 7.57. The molecule has 6 nitrogen and oxygen atoms in total. The fourth-order valence-corrected chi connectivity index (χ4v) is 4.31. The molecule has 0 amide bonds. The van der Waals surface area contributed by atoms with Gasteiger partial charge in [-0.05, 0) is 37.1 Å². The second kappa shape index (κ2) is 9.14. The third-order valence-corrected chi connectivity index (χ3v) is 7.24. The Morgan fingerprint density at radius 2 is 1.66 bits per heavy atom. The van der Waals surface area contributed by atoms with E-state index < -0.39 is 28.5 Å². The van der Waals surface area contributed by atoms with Gasteiger partial charge in [-0.15, -0.1) is 0 Å². The van der Waals surface area contributed by atoms with Crippen LogP contribution >= 0.6 is 0 Å². The molecule has 1 aliphatic rings. The van der Waals surface area contributed by atoms with Gasteiger partial charge in [0.1, 0.15) is 11.4 Å². The maximum atomic E-state index is 13.1. The van der Waals surface area contributed by atoms with Gasteiger partial charge in [0.05, 0.1) is 22.5 Å². The minimum atomic E-state index is -5.75. The lowest BCUT2D eigenvalue weighted by Crippen LogP contribution is -2.41. The fraction of sp³-hybridized carbons (Fsp3) is 0.348. The van der Waals surface area contributed by atoms with Crippen molar-refractivity contribution >= 4 is 9.84 Å². The molecule has 1 saturated carbocycles. The number of sulfone groups is 1. The first kappa shape index (κ1) is 25.0. The Hall–Kier alpha value is -3.15. The molecule has 12 heteroatoms. The van der Waals surface area contributed by atoms with Gasteiger partial charge in [0.15, 0.2) is 16.4 Å². The van der Waals surface area contributed by atoms with Gasteiger partial charge in [-0.25, -0.2) is 8.42 Å². The molecular formula is C23H20F5N3O3S. The number of hydrogen-bond acceptors (Lipinski definition) is 6. The maximum absolute atomic E-state index is 13.1. The van der Waals surface area contributed by atoms with Gasteiger partial charge in [-0.3, -0.25) is 15.0 Å². The number of hydrogen-bond donors (Lipinski definition) is 0. The molecule has 0 unspecified atom stereocenters. The summed E-state index contributed by atoms with van der Waals surface area (Å²) in [5.74, 6) is -5.11. The topological polar surface area (TPSA) is 82.0 Å². The van der Waals surface area contributed by atoms with Crippen molar-refractivity contribution in [1.29, 1.82) is 0 Å². The second-order valence-electron chi connectivity index (χ2n) is 8.09. The zero-order valence-corrected chi connectivity index (χ0v) is 19.2.